The molecule has 6 heteroatoms. The summed E-state index contributed by atoms with van der Waals surface area (Å²) in [5, 5.41) is 5.65. The number of thiazole rings is 1. The fraction of sp³-hybridized carbons (Fsp3) is 0.118. The highest BCUT2D eigenvalue weighted by Crippen LogP contribution is 2.19. The minimum atomic E-state index is -0.137. The van der Waals surface area contributed by atoms with Gasteiger partial charge in [0.15, 0.2) is 0 Å². The van der Waals surface area contributed by atoms with Crippen molar-refractivity contribution in [2.45, 2.75) is 6.54 Å². The van der Waals surface area contributed by atoms with Crippen LogP contribution in [0.15, 0.2) is 54.0 Å². The number of ether oxygens (including phenoxy) is 1. The molecule has 3 rings (SSSR count). The zero-order valence-electron chi connectivity index (χ0n) is 12.5. The van der Waals surface area contributed by atoms with Crippen molar-refractivity contribution in [2.75, 3.05) is 7.11 Å². The number of rotatable bonds is 5. The second kappa shape index (κ2) is 7.02. The highest BCUT2D eigenvalue weighted by atomic mass is 32.1. The van der Waals surface area contributed by atoms with E-state index in [4.69, 9.17) is 4.74 Å². The standard InChI is InChI=1S/C17H15N3O2S/c1-22-13-7-5-12(6-8-13)17(21)19-10-16-20-15(11-23-16)14-4-2-3-9-18-14/h2-9,11H,10H2,1H3,(H,19,21). The van der Waals surface area contributed by atoms with Crippen LogP contribution in [0.25, 0.3) is 11.4 Å². The summed E-state index contributed by atoms with van der Waals surface area (Å²) in [7, 11) is 1.59. The van der Waals surface area contributed by atoms with Gasteiger partial charge in [0.1, 0.15) is 10.8 Å². The number of pyridine rings is 1. The quantitative estimate of drug-likeness (QED) is 0.783. The molecular weight excluding hydrogens is 310 g/mol. The Morgan fingerprint density at radius 2 is 2.00 bits per heavy atom. The van der Waals surface area contributed by atoms with Gasteiger partial charge in [-0.05, 0) is 36.4 Å². The van der Waals surface area contributed by atoms with Crippen molar-refractivity contribution < 1.29 is 9.53 Å². The lowest BCUT2D eigenvalue weighted by atomic mass is 10.2. The third-order valence-electron chi connectivity index (χ3n) is 3.23. The SMILES string of the molecule is COc1ccc(C(=O)NCc2nc(-c3ccccn3)cs2)cc1. The Labute approximate surface area is 138 Å². The van der Waals surface area contributed by atoms with Crippen LogP contribution in [-0.4, -0.2) is 23.0 Å². The second-order valence-electron chi connectivity index (χ2n) is 4.75. The molecule has 0 bridgehead atoms. The number of benzene rings is 1. The van der Waals surface area contributed by atoms with E-state index < -0.39 is 0 Å². The maximum absolute atomic E-state index is 12.1. The van der Waals surface area contributed by atoms with Crippen molar-refractivity contribution >= 4 is 17.2 Å². The molecule has 0 aliphatic rings. The number of hydrogen-bond acceptors (Lipinski definition) is 5. The largest absolute Gasteiger partial charge is 0.497 e. The van der Waals surface area contributed by atoms with E-state index in [0.717, 1.165) is 22.1 Å². The third-order valence-corrected chi connectivity index (χ3v) is 4.08. The van der Waals surface area contributed by atoms with E-state index in [1.807, 2.05) is 23.6 Å². The number of carbonyl (C=O) groups is 1. The van der Waals surface area contributed by atoms with Crippen molar-refractivity contribution in [2.24, 2.45) is 0 Å². The maximum Gasteiger partial charge on any atom is 0.251 e. The van der Waals surface area contributed by atoms with E-state index in [1.165, 1.54) is 11.3 Å². The number of hydrogen-bond donors (Lipinski definition) is 1. The Bertz CT molecular complexity index is 785. The normalized spacial score (nSPS) is 10.3. The van der Waals surface area contributed by atoms with E-state index in [9.17, 15) is 4.79 Å². The van der Waals surface area contributed by atoms with Crippen molar-refractivity contribution in [3.63, 3.8) is 0 Å². The van der Waals surface area contributed by atoms with E-state index in [2.05, 4.69) is 15.3 Å². The summed E-state index contributed by atoms with van der Waals surface area (Å²) < 4.78 is 5.08. The van der Waals surface area contributed by atoms with Crippen LogP contribution in [0.4, 0.5) is 0 Å². The number of nitrogens with zero attached hydrogens (tertiary/aromatic N) is 2. The Hall–Kier alpha value is -2.73. The molecule has 0 saturated heterocycles. The van der Waals surface area contributed by atoms with Crippen LogP contribution in [0.3, 0.4) is 0 Å². The molecule has 23 heavy (non-hydrogen) atoms. The molecule has 0 atom stereocenters. The van der Waals surface area contributed by atoms with Gasteiger partial charge in [0.05, 0.1) is 25.0 Å². The summed E-state index contributed by atoms with van der Waals surface area (Å²) in [6, 6.07) is 12.7. The zero-order chi connectivity index (χ0) is 16.1. The highest BCUT2D eigenvalue weighted by molar-refractivity contribution is 7.09. The molecule has 0 spiro atoms. The maximum atomic E-state index is 12.1. The van der Waals surface area contributed by atoms with Gasteiger partial charge in [-0.15, -0.1) is 11.3 Å². The monoisotopic (exact) mass is 325 g/mol. The zero-order valence-corrected chi connectivity index (χ0v) is 13.3. The highest BCUT2D eigenvalue weighted by Gasteiger charge is 2.08. The first kappa shape index (κ1) is 15.2. The van der Waals surface area contributed by atoms with Crippen LogP contribution >= 0.6 is 11.3 Å². The van der Waals surface area contributed by atoms with Crippen molar-refractivity contribution in [3.8, 4) is 17.1 Å². The van der Waals surface area contributed by atoms with Crippen LogP contribution in [0.1, 0.15) is 15.4 Å². The first-order chi connectivity index (χ1) is 11.3. The molecule has 2 heterocycles. The Balaban J connectivity index is 1.62. The van der Waals surface area contributed by atoms with Gasteiger partial charge in [-0.25, -0.2) is 4.98 Å². The summed E-state index contributed by atoms with van der Waals surface area (Å²) in [5.41, 5.74) is 2.24. The second-order valence-corrected chi connectivity index (χ2v) is 5.70. The molecule has 2 aromatic heterocycles. The Morgan fingerprint density at radius 1 is 1.17 bits per heavy atom. The summed E-state index contributed by atoms with van der Waals surface area (Å²) in [4.78, 5) is 20.9. The van der Waals surface area contributed by atoms with Crippen molar-refractivity contribution in [3.05, 3.63) is 64.6 Å². The molecule has 0 radical (unpaired) electrons. The molecule has 0 fully saturated rings. The van der Waals surface area contributed by atoms with Gasteiger partial charge < -0.3 is 10.1 Å². The summed E-state index contributed by atoms with van der Waals surface area (Å²) >= 11 is 1.50. The first-order valence-corrected chi connectivity index (χ1v) is 7.92. The smallest absolute Gasteiger partial charge is 0.251 e. The molecule has 1 N–H and O–H groups in total. The van der Waals surface area contributed by atoms with Crippen molar-refractivity contribution in [1.82, 2.24) is 15.3 Å². The van der Waals surface area contributed by atoms with Gasteiger partial charge >= 0.3 is 0 Å². The van der Waals surface area contributed by atoms with Gasteiger partial charge in [-0.3, -0.25) is 9.78 Å². The number of nitrogens with one attached hydrogen (secondary N) is 1. The molecule has 0 unspecified atom stereocenters. The van der Waals surface area contributed by atoms with E-state index in [0.29, 0.717) is 12.1 Å². The fourth-order valence-corrected chi connectivity index (χ4v) is 2.75. The van der Waals surface area contributed by atoms with Gasteiger partial charge in [-0.1, -0.05) is 6.07 Å². The van der Waals surface area contributed by atoms with Gasteiger partial charge in [0.2, 0.25) is 0 Å². The predicted molar refractivity (Wildman–Crippen MR) is 89.5 cm³/mol. The molecule has 0 aliphatic carbocycles. The van der Waals surface area contributed by atoms with Crippen LogP contribution in [-0.2, 0) is 6.54 Å². The minimum Gasteiger partial charge on any atom is -0.497 e. The molecule has 1 aromatic carbocycles. The molecule has 116 valence electrons. The van der Waals surface area contributed by atoms with E-state index >= 15 is 0 Å². The Morgan fingerprint density at radius 3 is 2.70 bits per heavy atom. The average molecular weight is 325 g/mol. The molecular formula is C17H15N3O2S. The molecule has 0 saturated carbocycles. The summed E-state index contributed by atoms with van der Waals surface area (Å²) in [6.07, 6.45) is 1.74. The Kier molecular flexibility index (Phi) is 4.63. The molecule has 0 aliphatic heterocycles. The van der Waals surface area contributed by atoms with Crippen LogP contribution in [0.2, 0.25) is 0 Å². The predicted octanol–water partition coefficient (Wildman–Crippen LogP) is 3.14. The summed E-state index contributed by atoms with van der Waals surface area (Å²) in [5.74, 6) is 0.587. The van der Waals surface area contributed by atoms with Crippen LogP contribution < -0.4 is 10.1 Å². The van der Waals surface area contributed by atoms with Crippen LogP contribution in [0.5, 0.6) is 5.75 Å². The molecule has 1 amide bonds. The first-order valence-electron chi connectivity index (χ1n) is 7.04. The van der Waals surface area contributed by atoms with Crippen LogP contribution in [0, 0.1) is 0 Å². The van der Waals surface area contributed by atoms with E-state index in [1.54, 1.807) is 37.6 Å². The average Bonchev–Trinajstić information content (AvgIpc) is 3.09. The number of amides is 1. The van der Waals surface area contributed by atoms with Gasteiger partial charge in [0, 0.05) is 17.1 Å². The lowest BCUT2D eigenvalue weighted by Crippen LogP contribution is -2.22. The number of carbonyl (C=O) groups excluding carboxylic acids is 1. The fourth-order valence-electron chi connectivity index (χ4n) is 2.02. The topological polar surface area (TPSA) is 64.1 Å². The third kappa shape index (κ3) is 3.73. The minimum absolute atomic E-state index is 0.137. The summed E-state index contributed by atoms with van der Waals surface area (Å²) in [6.45, 7) is 0.391. The van der Waals surface area contributed by atoms with Gasteiger partial charge in [-0.2, -0.15) is 0 Å². The lowest BCUT2D eigenvalue weighted by Gasteiger charge is -2.04. The van der Waals surface area contributed by atoms with Crippen molar-refractivity contribution in [1.29, 1.82) is 0 Å². The molecule has 3 aromatic rings. The molecule has 5 nitrogen and oxygen atoms in total. The number of aromatic nitrogens is 2. The lowest BCUT2D eigenvalue weighted by molar-refractivity contribution is 0.0951. The van der Waals surface area contributed by atoms with E-state index in [-0.39, 0.29) is 5.91 Å². The van der Waals surface area contributed by atoms with Gasteiger partial charge in [0.25, 0.3) is 5.91 Å². The number of methoxy groups -OCH3 is 1.